The molecule has 0 spiro atoms. The van der Waals surface area contributed by atoms with Crippen molar-refractivity contribution in [2.24, 2.45) is 5.92 Å². The van der Waals surface area contributed by atoms with Gasteiger partial charge in [-0.3, -0.25) is 0 Å². The van der Waals surface area contributed by atoms with Crippen LogP contribution in [0.2, 0.25) is 0 Å². The minimum Gasteiger partial charge on any atom is -0.505 e. The van der Waals surface area contributed by atoms with Gasteiger partial charge >= 0.3 is 0 Å². The quantitative estimate of drug-likeness (QED) is 0.353. The zero-order chi connectivity index (χ0) is 24.8. The first-order valence-electron chi connectivity index (χ1n) is 12.3. The molecule has 1 N–H and O–H groups in total. The van der Waals surface area contributed by atoms with E-state index in [-0.39, 0.29) is 11.2 Å². The fourth-order valence-corrected chi connectivity index (χ4v) is 5.00. The smallest absolute Gasteiger partial charge is 0.147 e. The van der Waals surface area contributed by atoms with Crippen molar-refractivity contribution in [1.29, 1.82) is 0 Å². The first-order valence-corrected chi connectivity index (χ1v) is 12.3. The summed E-state index contributed by atoms with van der Waals surface area (Å²) in [4.78, 5) is 1.62. The molecule has 1 atom stereocenters. The SMILES string of the molecule is CC1C=Cc2nn(-c3cc(C(C)(C)c4ccccc4)cc(C(C)(C)c4ccccc4)c3O)nc2C1. The number of fused-ring (bicyclic) bond motifs is 1. The van der Waals surface area contributed by atoms with Gasteiger partial charge in [0.15, 0.2) is 0 Å². The molecule has 35 heavy (non-hydrogen) atoms. The minimum absolute atomic E-state index is 0.218. The van der Waals surface area contributed by atoms with Crippen molar-refractivity contribution in [3.63, 3.8) is 0 Å². The third-order valence-corrected chi connectivity index (χ3v) is 7.50. The first kappa shape index (κ1) is 23.1. The van der Waals surface area contributed by atoms with E-state index in [0.717, 1.165) is 34.5 Å². The lowest BCUT2D eigenvalue weighted by molar-refractivity contribution is 0.444. The molecule has 4 nitrogen and oxygen atoms in total. The van der Waals surface area contributed by atoms with Crippen LogP contribution in [0.5, 0.6) is 5.75 Å². The standard InChI is InChI=1S/C31H33N3O/c1-21-16-17-26-27(18-21)33-34(32-26)28-20-24(30(2,3)22-12-8-6-9-13-22)19-25(29(28)35)31(4,5)23-14-10-7-11-15-23/h6-17,19-21,35H,18H2,1-5H3. The molecule has 1 unspecified atom stereocenters. The molecule has 3 aromatic carbocycles. The van der Waals surface area contributed by atoms with E-state index in [2.05, 4.69) is 83.2 Å². The Hall–Kier alpha value is -3.66. The van der Waals surface area contributed by atoms with Crippen LogP contribution in [0.3, 0.4) is 0 Å². The molecule has 0 aliphatic heterocycles. The summed E-state index contributed by atoms with van der Waals surface area (Å²) in [5.41, 5.74) is 6.06. The lowest BCUT2D eigenvalue weighted by Crippen LogP contribution is -2.24. The van der Waals surface area contributed by atoms with Crippen molar-refractivity contribution in [1.82, 2.24) is 15.0 Å². The molecule has 0 radical (unpaired) electrons. The fraction of sp³-hybridized carbons (Fsp3) is 0.290. The Morgan fingerprint density at radius 3 is 2.03 bits per heavy atom. The zero-order valence-electron chi connectivity index (χ0n) is 21.2. The van der Waals surface area contributed by atoms with Crippen LogP contribution >= 0.6 is 0 Å². The number of aromatic hydroxyl groups is 1. The highest BCUT2D eigenvalue weighted by atomic mass is 16.3. The number of rotatable bonds is 5. The van der Waals surface area contributed by atoms with Crippen molar-refractivity contribution < 1.29 is 5.11 Å². The summed E-state index contributed by atoms with van der Waals surface area (Å²) in [6.07, 6.45) is 5.06. The first-order chi connectivity index (χ1) is 16.7. The van der Waals surface area contributed by atoms with Gasteiger partial charge in [0.1, 0.15) is 17.1 Å². The van der Waals surface area contributed by atoms with Crippen molar-refractivity contribution >= 4 is 6.08 Å². The van der Waals surface area contributed by atoms with E-state index in [1.165, 1.54) is 5.56 Å². The number of aromatic nitrogens is 3. The van der Waals surface area contributed by atoms with Crippen LogP contribution in [-0.4, -0.2) is 20.1 Å². The zero-order valence-corrected chi connectivity index (χ0v) is 21.2. The molecular weight excluding hydrogens is 430 g/mol. The Bertz CT molecular complexity index is 1380. The Kier molecular flexibility index (Phi) is 5.63. The van der Waals surface area contributed by atoms with Gasteiger partial charge in [-0.25, -0.2) is 0 Å². The van der Waals surface area contributed by atoms with Crippen LogP contribution in [0.1, 0.15) is 68.3 Å². The summed E-state index contributed by atoms with van der Waals surface area (Å²) in [5.74, 6) is 0.646. The van der Waals surface area contributed by atoms with Gasteiger partial charge in [0.05, 0.1) is 5.69 Å². The third kappa shape index (κ3) is 4.07. The number of nitrogens with zero attached hydrogens (tertiary/aromatic N) is 3. The Morgan fingerprint density at radius 2 is 1.40 bits per heavy atom. The topological polar surface area (TPSA) is 50.9 Å². The largest absolute Gasteiger partial charge is 0.505 e. The van der Waals surface area contributed by atoms with Gasteiger partial charge in [0.25, 0.3) is 0 Å². The Balaban J connectivity index is 1.74. The van der Waals surface area contributed by atoms with E-state index < -0.39 is 5.41 Å². The molecule has 0 amide bonds. The van der Waals surface area contributed by atoms with Crippen molar-refractivity contribution in [3.8, 4) is 11.4 Å². The highest BCUT2D eigenvalue weighted by Crippen LogP contribution is 2.44. The van der Waals surface area contributed by atoms with Gasteiger partial charge in [-0.15, -0.1) is 9.90 Å². The molecule has 1 aromatic heterocycles. The molecule has 1 aliphatic carbocycles. The monoisotopic (exact) mass is 463 g/mol. The lowest BCUT2D eigenvalue weighted by Gasteiger charge is -2.32. The molecule has 1 aliphatic rings. The molecule has 4 aromatic rings. The third-order valence-electron chi connectivity index (χ3n) is 7.50. The molecule has 1 heterocycles. The summed E-state index contributed by atoms with van der Waals surface area (Å²) in [6, 6.07) is 25.1. The van der Waals surface area contributed by atoms with Crippen molar-refractivity contribution in [2.45, 2.75) is 51.9 Å². The number of hydrogen-bond donors (Lipinski definition) is 1. The second kappa shape index (κ2) is 8.53. The number of hydrogen-bond acceptors (Lipinski definition) is 3. The van der Waals surface area contributed by atoms with Crippen LogP contribution in [0.15, 0.2) is 78.9 Å². The fourth-order valence-electron chi connectivity index (χ4n) is 5.00. The summed E-state index contributed by atoms with van der Waals surface area (Å²) in [7, 11) is 0. The van der Waals surface area contributed by atoms with E-state index in [1.54, 1.807) is 4.80 Å². The molecule has 4 heteroatoms. The van der Waals surface area contributed by atoms with Crippen LogP contribution in [0.25, 0.3) is 11.8 Å². The van der Waals surface area contributed by atoms with Crippen LogP contribution < -0.4 is 0 Å². The maximum Gasteiger partial charge on any atom is 0.147 e. The summed E-state index contributed by atoms with van der Waals surface area (Å²) in [6.45, 7) is 11.0. The minimum atomic E-state index is -0.427. The molecule has 178 valence electrons. The van der Waals surface area contributed by atoms with Crippen molar-refractivity contribution in [2.75, 3.05) is 0 Å². The van der Waals surface area contributed by atoms with E-state index >= 15 is 0 Å². The average Bonchev–Trinajstić information content (AvgIpc) is 3.28. The normalized spacial score (nSPS) is 15.7. The highest BCUT2D eigenvalue weighted by Gasteiger charge is 2.33. The van der Waals surface area contributed by atoms with Gasteiger partial charge in [-0.1, -0.05) is 107 Å². The lowest BCUT2D eigenvalue weighted by atomic mass is 9.72. The average molecular weight is 464 g/mol. The number of phenols is 1. The van der Waals surface area contributed by atoms with Gasteiger partial charge in [-0.2, -0.15) is 5.10 Å². The number of allylic oxidation sites excluding steroid dienone is 1. The molecule has 5 rings (SSSR count). The van der Waals surface area contributed by atoms with E-state index in [9.17, 15) is 5.11 Å². The van der Waals surface area contributed by atoms with E-state index in [4.69, 9.17) is 10.2 Å². The maximum atomic E-state index is 11.7. The second-order valence-corrected chi connectivity index (χ2v) is 10.7. The van der Waals surface area contributed by atoms with Gasteiger partial charge in [0, 0.05) is 16.4 Å². The van der Waals surface area contributed by atoms with E-state index in [0.29, 0.717) is 11.6 Å². The molecule has 0 saturated heterocycles. The van der Waals surface area contributed by atoms with Gasteiger partial charge in [-0.05, 0) is 41.2 Å². The predicted molar refractivity (Wildman–Crippen MR) is 142 cm³/mol. The summed E-state index contributed by atoms with van der Waals surface area (Å²) < 4.78 is 0. The molecule has 0 fully saturated rings. The van der Waals surface area contributed by atoms with Crippen LogP contribution in [0, 0.1) is 5.92 Å². The highest BCUT2D eigenvalue weighted by molar-refractivity contribution is 5.60. The second-order valence-electron chi connectivity index (χ2n) is 10.7. The summed E-state index contributed by atoms with van der Waals surface area (Å²) >= 11 is 0. The predicted octanol–water partition coefficient (Wildman–Crippen LogP) is 6.83. The Labute approximate surface area is 208 Å². The molecule has 0 bridgehead atoms. The van der Waals surface area contributed by atoms with Crippen molar-refractivity contribution in [3.05, 3.63) is 113 Å². The van der Waals surface area contributed by atoms with Crippen LogP contribution in [-0.2, 0) is 17.3 Å². The maximum absolute atomic E-state index is 11.7. The van der Waals surface area contributed by atoms with Crippen LogP contribution in [0.4, 0.5) is 0 Å². The molecule has 0 saturated carbocycles. The Morgan fingerprint density at radius 1 is 0.800 bits per heavy atom. The van der Waals surface area contributed by atoms with E-state index in [1.807, 2.05) is 36.4 Å². The van der Waals surface area contributed by atoms with Gasteiger partial charge < -0.3 is 5.11 Å². The number of phenolic OH excluding ortho intramolecular Hbond substituents is 1. The molecular formula is C31H33N3O. The van der Waals surface area contributed by atoms with Gasteiger partial charge in [0.2, 0.25) is 0 Å². The number of benzene rings is 3. The summed E-state index contributed by atoms with van der Waals surface area (Å²) in [5, 5.41) is 21.3.